The number of phenols is 1. The van der Waals surface area contributed by atoms with Crippen molar-refractivity contribution in [3.63, 3.8) is 0 Å². The Morgan fingerprint density at radius 2 is 1.42 bits per heavy atom. The summed E-state index contributed by atoms with van der Waals surface area (Å²) in [5.41, 5.74) is -0.886. The van der Waals surface area contributed by atoms with Crippen molar-refractivity contribution in [2.24, 2.45) is 17.8 Å². The zero-order valence-electron chi connectivity index (χ0n) is 28.9. The molecule has 1 amide bonds. The summed E-state index contributed by atoms with van der Waals surface area (Å²) in [7, 11) is 0. The van der Waals surface area contributed by atoms with Crippen LogP contribution in [-0.2, 0) is 9.59 Å². The number of benzene rings is 1. The van der Waals surface area contributed by atoms with Crippen LogP contribution in [0.4, 0.5) is 0 Å². The standard InChI is InChI=1S/C39H44ClNO9/c1-20-11-9-7-8-10-12-30(45)41-34-33(40)39(50)31-27(38(34)49)18-25(6)37(48)32(31)36(47)24(5)17-23(4)35(46)22(3)14-16-26(42)15-13-21(2)29(44)19-28(20)43/h7-14,16-18,20,22-23,26,28,35,42-43,46,48H,15,19H2,1-6H3,(H,41,45)/b8-7-,11-9-,12-10-,16-14?,21-13-,24-17?/t20-,22-,23-,26-,28-,35-/m0/s1. The molecule has 0 aromatic heterocycles. The van der Waals surface area contributed by atoms with Gasteiger partial charge in [0.1, 0.15) is 16.5 Å². The van der Waals surface area contributed by atoms with Crippen molar-refractivity contribution in [2.75, 3.05) is 0 Å². The van der Waals surface area contributed by atoms with E-state index >= 15 is 0 Å². The normalized spacial score (nSPS) is 29.7. The largest absolute Gasteiger partial charge is 0.507 e. The van der Waals surface area contributed by atoms with Crippen molar-refractivity contribution in [1.29, 1.82) is 0 Å². The summed E-state index contributed by atoms with van der Waals surface area (Å²) in [6.45, 7) is 9.66. The number of carbonyl (C=O) groups excluding carboxylic acids is 5. The molecule has 6 atom stereocenters. The van der Waals surface area contributed by atoms with Gasteiger partial charge in [0.15, 0.2) is 11.6 Å². The molecule has 5 N–H and O–H groups in total. The molecule has 266 valence electrons. The number of amides is 1. The molecule has 3 aliphatic rings. The number of allylic oxidation sites excluding steroid dienone is 8. The molecule has 1 aromatic carbocycles. The van der Waals surface area contributed by atoms with Gasteiger partial charge in [-0.15, -0.1) is 0 Å². The molecule has 1 aromatic rings. The van der Waals surface area contributed by atoms with E-state index in [1.54, 1.807) is 58.1 Å². The van der Waals surface area contributed by atoms with E-state index in [0.717, 1.165) is 6.08 Å². The van der Waals surface area contributed by atoms with Gasteiger partial charge in [-0.25, -0.2) is 0 Å². The van der Waals surface area contributed by atoms with Crippen LogP contribution in [-0.4, -0.2) is 67.8 Å². The molecule has 0 saturated carbocycles. The minimum atomic E-state index is -1.01. The maximum Gasteiger partial charge on any atom is 0.248 e. The van der Waals surface area contributed by atoms with Crippen LogP contribution in [0.25, 0.3) is 0 Å². The van der Waals surface area contributed by atoms with Crippen LogP contribution < -0.4 is 5.32 Å². The number of phenolic OH excluding ortho intramolecular Hbond substituents is 1. The van der Waals surface area contributed by atoms with Crippen molar-refractivity contribution >= 4 is 40.6 Å². The Bertz CT molecular complexity index is 1770. The number of ketones is 4. The molecule has 2 aliphatic heterocycles. The van der Waals surface area contributed by atoms with E-state index in [-0.39, 0.29) is 41.2 Å². The summed E-state index contributed by atoms with van der Waals surface area (Å²) in [6, 6.07) is 1.25. The van der Waals surface area contributed by atoms with E-state index < -0.39 is 81.0 Å². The fourth-order valence-corrected chi connectivity index (χ4v) is 5.73. The second-order valence-corrected chi connectivity index (χ2v) is 13.2. The number of nitrogens with one attached hydrogen (secondary N) is 1. The quantitative estimate of drug-likeness (QED) is 0.224. The van der Waals surface area contributed by atoms with Gasteiger partial charge in [-0.2, -0.15) is 0 Å². The number of Topliss-reactive ketones (excluding diaryl/α,β-unsaturated/α-hetero) is 4. The minimum absolute atomic E-state index is 0.0807. The second-order valence-electron chi connectivity index (χ2n) is 12.8. The lowest BCUT2D eigenvalue weighted by atomic mass is 9.83. The van der Waals surface area contributed by atoms with E-state index in [1.807, 2.05) is 0 Å². The minimum Gasteiger partial charge on any atom is -0.507 e. The molecule has 0 saturated heterocycles. The molecule has 4 rings (SSSR count). The summed E-state index contributed by atoms with van der Waals surface area (Å²) in [6.07, 6.45) is 12.2. The maximum absolute atomic E-state index is 13.8. The van der Waals surface area contributed by atoms with Crippen LogP contribution in [0.5, 0.6) is 5.75 Å². The van der Waals surface area contributed by atoms with E-state index in [4.69, 9.17) is 11.6 Å². The predicted molar refractivity (Wildman–Crippen MR) is 191 cm³/mol. The second kappa shape index (κ2) is 17.4. The van der Waals surface area contributed by atoms with Gasteiger partial charge in [0.2, 0.25) is 17.5 Å². The molecule has 4 bridgehead atoms. The third kappa shape index (κ3) is 9.60. The number of aromatic hydroxyl groups is 1. The average molecular weight is 706 g/mol. The van der Waals surface area contributed by atoms with Gasteiger partial charge in [0, 0.05) is 41.4 Å². The molecule has 0 spiro atoms. The number of hydrogen-bond acceptors (Lipinski definition) is 9. The van der Waals surface area contributed by atoms with Crippen LogP contribution in [0, 0.1) is 24.7 Å². The molecule has 10 nitrogen and oxygen atoms in total. The first-order chi connectivity index (χ1) is 23.5. The number of fused-ring (bicyclic) bond motifs is 18. The first-order valence-corrected chi connectivity index (χ1v) is 16.7. The Kier molecular flexibility index (Phi) is 13.9. The maximum atomic E-state index is 13.8. The van der Waals surface area contributed by atoms with Crippen LogP contribution >= 0.6 is 11.6 Å². The fraction of sp³-hybridized carbons (Fsp3) is 0.359. The zero-order valence-corrected chi connectivity index (χ0v) is 29.7. The van der Waals surface area contributed by atoms with Crippen LogP contribution in [0.2, 0.25) is 0 Å². The van der Waals surface area contributed by atoms with Crippen molar-refractivity contribution in [1.82, 2.24) is 5.32 Å². The predicted octanol–water partition coefficient (Wildman–Crippen LogP) is 5.30. The van der Waals surface area contributed by atoms with Crippen molar-refractivity contribution in [3.05, 3.63) is 111 Å². The van der Waals surface area contributed by atoms with Crippen molar-refractivity contribution in [2.45, 2.75) is 72.7 Å². The number of halogens is 1. The van der Waals surface area contributed by atoms with Gasteiger partial charge >= 0.3 is 0 Å². The summed E-state index contributed by atoms with van der Waals surface area (Å²) < 4.78 is 0. The number of aryl methyl sites for hydroxylation is 1. The van der Waals surface area contributed by atoms with E-state index in [2.05, 4.69) is 5.32 Å². The number of hydrogen-bond donors (Lipinski definition) is 5. The van der Waals surface area contributed by atoms with E-state index in [1.165, 1.54) is 44.2 Å². The fourth-order valence-electron chi connectivity index (χ4n) is 5.51. The lowest BCUT2D eigenvalue weighted by molar-refractivity contribution is -0.118. The third-order valence-electron chi connectivity index (χ3n) is 8.77. The molecule has 50 heavy (non-hydrogen) atoms. The number of rotatable bonds is 0. The van der Waals surface area contributed by atoms with Crippen LogP contribution in [0.1, 0.15) is 84.1 Å². The number of aliphatic hydroxyl groups is 3. The molecule has 0 radical (unpaired) electrons. The highest BCUT2D eigenvalue weighted by molar-refractivity contribution is 6.51. The summed E-state index contributed by atoms with van der Waals surface area (Å²) >= 11 is 6.31. The Balaban J connectivity index is 2.05. The van der Waals surface area contributed by atoms with Gasteiger partial charge in [-0.3, -0.25) is 24.0 Å². The molecule has 11 heteroatoms. The van der Waals surface area contributed by atoms with Crippen molar-refractivity contribution < 1.29 is 44.4 Å². The number of aliphatic hydroxyl groups excluding tert-OH is 3. The highest BCUT2D eigenvalue weighted by atomic mass is 35.5. The molecular weight excluding hydrogens is 662 g/mol. The Morgan fingerprint density at radius 1 is 0.760 bits per heavy atom. The summed E-state index contributed by atoms with van der Waals surface area (Å²) in [5.74, 6) is -5.52. The molecular formula is C39H44ClNO9. The monoisotopic (exact) mass is 705 g/mol. The van der Waals surface area contributed by atoms with Crippen LogP contribution in [0.15, 0.2) is 88.7 Å². The average Bonchev–Trinajstić information content (AvgIpc) is 3.07. The zero-order chi connectivity index (χ0) is 37.4. The third-order valence-corrected chi connectivity index (χ3v) is 9.13. The molecule has 1 aliphatic carbocycles. The SMILES string of the molecule is CC1=C[C@H](C)[C@@H](O)[C@@H](C)C=C[C@@H](O)C/C=C(/C)C(=O)C[C@H](O)[C@@H](C)\C=C/C=C\C=C/C(=O)NC2=C(Cl)C(=O)c3c(cc(C)c(O)c3C1=O)C2=O. The topological polar surface area (TPSA) is 178 Å². The highest BCUT2D eigenvalue weighted by Gasteiger charge is 2.38. The lowest BCUT2D eigenvalue weighted by Gasteiger charge is -2.23. The summed E-state index contributed by atoms with van der Waals surface area (Å²) in [4.78, 5) is 66.2. The van der Waals surface area contributed by atoms with E-state index in [9.17, 15) is 44.4 Å². The van der Waals surface area contributed by atoms with Gasteiger partial charge in [-0.1, -0.05) is 87.1 Å². The van der Waals surface area contributed by atoms with Gasteiger partial charge in [0.05, 0.1) is 23.9 Å². The smallest absolute Gasteiger partial charge is 0.248 e. The molecule has 2 heterocycles. The van der Waals surface area contributed by atoms with Gasteiger partial charge < -0.3 is 25.7 Å². The Labute approximate surface area is 296 Å². The molecule has 0 fully saturated rings. The first-order valence-electron chi connectivity index (χ1n) is 16.3. The first kappa shape index (κ1) is 40.0. The highest BCUT2D eigenvalue weighted by Crippen LogP contribution is 2.37. The van der Waals surface area contributed by atoms with E-state index in [0.29, 0.717) is 5.57 Å². The number of carbonyl (C=O) groups is 5. The van der Waals surface area contributed by atoms with Crippen molar-refractivity contribution in [3.8, 4) is 5.75 Å². The Hall–Kier alpha value is -4.48. The lowest BCUT2D eigenvalue weighted by Crippen LogP contribution is -2.33. The molecule has 0 unspecified atom stereocenters. The summed E-state index contributed by atoms with van der Waals surface area (Å²) in [5, 5.41) is 44.7. The Morgan fingerprint density at radius 3 is 2.10 bits per heavy atom. The van der Waals surface area contributed by atoms with Crippen LogP contribution in [0.3, 0.4) is 0 Å². The van der Waals surface area contributed by atoms with Gasteiger partial charge in [-0.05, 0) is 50.0 Å². The van der Waals surface area contributed by atoms with Gasteiger partial charge in [0.25, 0.3) is 0 Å².